The van der Waals surface area contributed by atoms with Crippen LogP contribution in [0.2, 0.25) is 0 Å². The van der Waals surface area contributed by atoms with Gasteiger partial charge in [0.25, 0.3) is 0 Å². The second kappa shape index (κ2) is 8.50. The van der Waals surface area contributed by atoms with Crippen molar-refractivity contribution >= 4 is 11.8 Å². The molecule has 0 bridgehead atoms. The average Bonchev–Trinajstić information content (AvgIpc) is 2.89. The summed E-state index contributed by atoms with van der Waals surface area (Å²) in [6.45, 7) is 4.42. The number of nitrogens with zero attached hydrogens (tertiary/aromatic N) is 2. The molecular formula is C21H30N2O2. The summed E-state index contributed by atoms with van der Waals surface area (Å²) in [5.74, 6) is 0.991. The van der Waals surface area contributed by atoms with Crippen molar-refractivity contribution in [3.63, 3.8) is 0 Å². The molecule has 4 heteroatoms. The van der Waals surface area contributed by atoms with Crippen LogP contribution in [0, 0.1) is 0 Å². The quantitative estimate of drug-likeness (QED) is 0.845. The van der Waals surface area contributed by atoms with Crippen molar-refractivity contribution in [3.8, 4) is 0 Å². The molecule has 1 saturated carbocycles. The van der Waals surface area contributed by atoms with Crippen LogP contribution in [0.15, 0.2) is 24.3 Å². The molecule has 0 aromatic heterocycles. The molecule has 1 heterocycles. The minimum Gasteiger partial charge on any atom is -0.341 e. The summed E-state index contributed by atoms with van der Waals surface area (Å²) in [6, 6.07) is 8.69. The van der Waals surface area contributed by atoms with Crippen molar-refractivity contribution in [1.82, 2.24) is 9.80 Å². The second-order valence-electron chi connectivity index (χ2n) is 7.49. The van der Waals surface area contributed by atoms with Crippen LogP contribution in [0.4, 0.5) is 0 Å². The summed E-state index contributed by atoms with van der Waals surface area (Å²) in [5, 5.41) is 0. The molecule has 0 N–H and O–H groups in total. The largest absolute Gasteiger partial charge is 0.341 e. The van der Waals surface area contributed by atoms with E-state index >= 15 is 0 Å². The summed E-state index contributed by atoms with van der Waals surface area (Å²) in [7, 11) is 0. The molecule has 1 aliphatic carbocycles. The normalized spacial score (nSPS) is 19.6. The Labute approximate surface area is 151 Å². The van der Waals surface area contributed by atoms with E-state index in [1.807, 2.05) is 9.80 Å². The maximum atomic E-state index is 12.6. The zero-order chi connectivity index (χ0) is 17.6. The molecule has 2 fully saturated rings. The second-order valence-corrected chi connectivity index (χ2v) is 7.49. The van der Waals surface area contributed by atoms with Gasteiger partial charge in [-0.25, -0.2) is 0 Å². The fourth-order valence-electron chi connectivity index (χ4n) is 4.11. The number of benzene rings is 1. The van der Waals surface area contributed by atoms with Crippen LogP contribution in [-0.4, -0.2) is 47.8 Å². The lowest BCUT2D eigenvalue weighted by Crippen LogP contribution is -2.37. The number of hydrogen-bond acceptors (Lipinski definition) is 2. The highest BCUT2D eigenvalue weighted by atomic mass is 16.2. The van der Waals surface area contributed by atoms with Gasteiger partial charge in [-0.1, -0.05) is 43.5 Å². The molecule has 3 rings (SSSR count). The van der Waals surface area contributed by atoms with Crippen LogP contribution in [-0.2, 0) is 16.0 Å². The monoisotopic (exact) mass is 342 g/mol. The average molecular weight is 342 g/mol. The first kappa shape index (κ1) is 18.0. The molecule has 2 aliphatic rings. The predicted octanol–water partition coefficient (Wildman–Crippen LogP) is 3.36. The Balaban J connectivity index is 1.54. The lowest BCUT2D eigenvalue weighted by Gasteiger charge is -2.23. The van der Waals surface area contributed by atoms with Gasteiger partial charge in [-0.05, 0) is 36.3 Å². The minimum atomic E-state index is 0.104. The van der Waals surface area contributed by atoms with Gasteiger partial charge in [0.1, 0.15) is 0 Å². The molecule has 1 aromatic carbocycles. The number of carbonyl (C=O) groups excluding carboxylic acids is 2. The first-order valence-electron chi connectivity index (χ1n) is 9.75. The highest BCUT2D eigenvalue weighted by molar-refractivity contribution is 5.79. The van der Waals surface area contributed by atoms with Crippen molar-refractivity contribution in [3.05, 3.63) is 35.4 Å². The molecule has 1 aliphatic heterocycles. The van der Waals surface area contributed by atoms with E-state index < -0.39 is 0 Å². The summed E-state index contributed by atoms with van der Waals surface area (Å²) in [6.07, 6.45) is 8.00. The maximum absolute atomic E-state index is 12.6. The van der Waals surface area contributed by atoms with E-state index in [4.69, 9.17) is 0 Å². The van der Waals surface area contributed by atoms with Gasteiger partial charge >= 0.3 is 0 Å². The molecule has 1 aromatic rings. The molecule has 0 radical (unpaired) electrons. The summed E-state index contributed by atoms with van der Waals surface area (Å²) < 4.78 is 0. The van der Waals surface area contributed by atoms with Gasteiger partial charge in [-0.3, -0.25) is 9.59 Å². The SMILES string of the molecule is CC(=O)N1CCCN(C(=O)Cc2ccc(C3CCCCC3)cc2)CC1. The summed E-state index contributed by atoms with van der Waals surface area (Å²) in [5.41, 5.74) is 2.53. The molecule has 0 unspecified atom stereocenters. The van der Waals surface area contributed by atoms with Crippen LogP contribution >= 0.6 is 0 Å². The fraction of sp³-hybridized carbons (Fsp3) is 0.619. The first-order chi connectivity index (χ1) is 12.1. The molecule has 0 atom stereocenters. The zero-order valence-corrected chi connectivity index (χ0v) is 15.4. The van der Waals surface area contributed by atoms with Crippen LogP contribution in [0.25, 0.3) is 0 Å². The van der Waals surface area contributed by atoms with E-state index in [2.05, 4.69) is 24.3 Å². The van der Waals surface area contributed by atoms with E-state index in [0.29, 0.717) is 25.4 Å². The Morgan fingerprint density at radius 2 is 1.52 bits per heavy atom. The van der Waals surface area contributed by atoms with E-state index in [1.54, 1.807) is 6.92 Å². The summed E-state index contributed by atoms with van der Waals surface area (Å²) >= 11 is 0. The van der Waals surface area contributed by atoms with Crippen molar-refractivity contribution < 1.29 is 9.59 Å². The Bertz CT molecular complexity index is 590. The van der Waals surface area contributed by atoms with E-state index in [0.717, 1.165) is 25.1 Å². The third-order valence-electron chi connectivity index (χ3n) is 5.71. The molecule has 0 spiro atoms. The molecule has 136 valence electrons. The minimum absolute atomic E-state index is 0.104. The van der Waals surface area contributed by atoms with Crippen molar-refractivity contribution in [2.45, 2.75) is 57.8 Å². The van der Waals surface area contributed by atoms with Crippen LogP contribution in [0.1, 0.15) is 62.5 Å². The fourth-order valence-corrected chi connectivity index (χ4v) is 4.11. The van der Waals surface area contributed by atoms with Gasteiger partial charge in [0.15, 0.2) is 0 Å². The van der Waals surface area contributed by atoms with Crippen LogP contribution in [0.5, 0.6) is 0 Å². The number of hydrogen-bond donors (Lipinski definition) is 0. The lowest BCUT2D eigenvalue weighted by molar-refractivity contribution is -0.132. The molecule has 2 amide bonds. The standard InChI is InChI=1S/C21H30N2O2/c1-17(24)22-12-5-13-23(15-14-22)21(25)16-18-8-10-20(11-9-18)19-6-3-2-4-7-19/h8-11,19H,2-7,12-16H2,1H3. The van der Waals surface area contributed by atoms with E-state index in [9.17, 15) is 9.59 Å². The Morgan fingerprint density at radius 1 is 0.880 bits per heavy atom. The maximum Gasteiger partial charge on any atom is 0.227 e. The third-order valence-corrected chi connectivity index (χ3v) is 5.71. The predicted molar refractivity (Wildman–Crippen MR) is 99.4 cm³/mol. The Hall–Kier alpha value is -1.84. The summed E-state index contributed by atoms with van der Waals surface area (Å²) in [4.78, 5) is 27.9. The van der Waals surface area contributed by atoms with Crippen molar-refractivity contribution in [2.24, 2.45) is 0 Å². The molecular weight excluding hydrogens is 312 g/mol. The third kappa shape index (κ3) is 4.83. The lowest BCUT2D eigenvalue weighted by atomic mass is 9.84. The first-order valence-corrected chi connectivity index (χ1v) is 9.75. The van der Waals surface area contributed by atoms with Gasteiger partial charge < -0.3 is 9.80 Å². The highest BCUT2D eigenvalue weighted by Crippen LogP contribution is 2.32. The van der Waals surface area contributed by atoms with Crippen LogP contribution in [0.3, 0.4) is 0 Å². The van der Waals surface area contributed by atoms with E-state index in [-0.39, 0.29) is 11.8 Å². The Morgan fingerprint density at radius 3 is 2.20 bits per heavy atom. The van der Waals surface area contributed by atoms with Gasteiger partial charge in [0, 0.05) is 33.1 Å². The van der Waals surface area contributed by atoms with Crippen molar-refractivity contribution in [2.75, 3.05) is 26.2 Å². The van der Waals surface area contributed by atoms with Gasteiger partial charge in [-0.15, -0.1) is 0 Å². The van der Waals surface area contributed by atoms with Gasteiger partial charge in [0.05, 0.1) is 6.42 Å². The number of carbonyl (C=O) groups is 2. The van der Waals surface area contributed by atoms with Crippen molar-refractivity contribution in [1.29, 1.82) is 0 Å². The molecule has 4 nitrogen and oxygen atoms in total. The smallest absolute Gasteiger partial charge is 0.227 e. The Kier molecular flexibility index (Phi) is 6.11. The van der Waals surface area contributed by atoms with Crippen LogP contribution < -0.4 is 0 Å². The van der Waals surface area contributed by atoms with Gasteiger partial charge in [0.2, 0.25) is 11.8 Å². The molecule has 1 saturated heterocycles. The topological polar surface area (TPSA) is 40.6 Å². The number of amides is 2. The zero-order valence-electron chi connectivity index (χ0n) is 15.4. The highest BCUT2D eigenvalue weighted by Gasteiger charge is 2.20. The van der Waals surface area contributed by atoms with E-state index in [1.165, 1.54) is 37.7 Å². The molecule has 25 heavy (non-hydrogen) atoms. The van der Waals surface area contributed by atoms with Gasteiger partial charge in [-0.2, -0.15) is 0 Å². The number of rotatable bonds is 3.